The molecule has 12 nitrogen and oxygen atoms in total. The minimum absolute atomic E-state index is 0.138. The Kier molecular flexibility index (Phi) is 16.1. The first-order valence-corrected chi connectivity index (χ1v) is 25.6. The Morgan fingerprint density at radius 1 is 0.194 bits per heavy atom. The average Bonchev–Trinajstić information content (AvgIpc) is 3.44. The Labute approximate surface area is 422 Å². The summed E-state index contributed by atoms with van der Waals surface area (Å²) < 4.78 is 0. The second-order valence-corrected chi connectivity index (χ2v) is 19.1. The van der Waals surface area contributed by atoms with Gasteiger partial charge in [0.15, 0.2) is 0 Å². The van der Waals surface area contributed by atoms with Gasteiger partial charge in [0.05, 0.1) is 70.4 Å². The van der Waals surface area contributed by atoms with Crippen molar-refractivity contribution in [2.24, 2.45) is 60.6 Å². The molecule has 0 saturated heterocycles. The average molecular weight is 949 g/mol. The standard InChI is InChI=1S/C60H60N12/c1-2-8-56-55(7-1)61-37-43-13-25-49(26-14-43)67-69-51-29-17-45(18-30-51)39-63-57-9-3-4-10-58(57)65-41-47-21-33-53(34-22-47)71-72-54-35-23-48(24-36-54)42-66-60-12-6-5-11-59(60)64-40-46-19-31-52(32-20-46)70-68-50-27-15-44(16-28-50)38-62-56/h13-42,55-60H,1-12H2/t55-,56-,57-,58-,59-,60-/m0/s1. The largest absolute Gasteiger partial charge is 0.287 e. The van der Waals surface area contributed by atoms with Crippen molar-refractivity contribution in [3.05, 3.63) is 179 Å². The Hall–Kier alpha value is -7.86. The molecule has 13 aliphatic rings. The molecule has 0 unspecified atom stereocenters. The number of nitrogens with zero attached hydrogens (tertiary/aromatic N) is 12. The molecular weight excluding hydrogens is 889 g/mol. The van der Waals surface area contributed by atoms with Gasteiger partial charge in [0.25, 0.3) is 0 Å². The summed E-state index contributed by atoms with van der Waals surface area (Å²) in [7, 11) is 0. The summed E-state index contributed by atoms with van der Waals surface area (Å²) in [6.45, 7) is 0. The summed E-state index contributed by atoms with van der Waals surface area (Å²) >= 11 is 0. The van der Waals surface area contributed by atoms with E-state index in [1.165, 1.54) is 0 Å². The predicted octanol–water partition coefficient (Wildman–Crippen LogP) is 15.8. The number of benzene rings is 6. The van der Waals surface area contributed by atoms with Crippen LogP contribution in [0.4, 0.5) is 34.1 Å². The molecule has 3 aliphatic carbocycles. The first-order chi connectivity index (χ1) is 35.6. The number of hydrogen-bond acceptors (Lipinski definition) is 12. The molecule has 0 amide bonds. The minimum Gasteiger partial charge on any atom is -0.287 e. The molecule has 3 fully saturated rings. The van der Waals surface area contributed by atoms with Gasteiger partial charge in [-0.3, -0.25) is 30.0 Å². The molecule has 6 aromatic carbocycles. The lowest BCUT2D eigenvalue weighted by Gasteiger charge is -2.25. The van der Waals surface area contributed by atoms with E-state index in [-0.39, 0.29) is 36.3 Å². The van der Waals surface area contributed by atoms with Crippen LogP contribution in [0.1, 0.15) is 110 Å². The Balaban J connectivity index is 0.845. The highest BCUT2D eigenvalue weighted by Gasteiger charge is 2.25. The number of azo groups is 3. The van der Waals surface area contributed by atoms with E-state index in [1.54, 1.807) is 0 Å². The third kappa shape index (κ3) is 13.7. The SMILES string of the molecule is C1=N[C@H]2CCCC[C@@H]2N=Cc2ccc(cc2)N=Nc2ccc(cc2)C=N[C@H]2CCCC[C@@H]2N=Cc2ccc(cc2)N=Nc2ccc(cc2)C=N[C@H]2CCCC[C@@H]2N=Cc2ccc(cc2)N=Nc2ccc1cc2. The van der Waals surface area contributed by atoms with Crippen molar-refractivity contribution >= 4 is 71.4 Å². The van der Waals surface area contributed by atoms with Gasteiger partial charge in [-0.15, -0.1) is 0 Å². The molecule has 0 aromatic heterocycles. The molecule has 12 heteroatoms. The van der Waals surface area contributed by atoms with E-state index in [4.69, 9.17) is 30.0 Å². The van der Waals surface area contributed by atoms with Crippen molar-refractivity contribution in [1.82, 2.24) is 0 Å². The second kappa shape index (κ2) is 24.3. The van der Waals surface area contributed by atoms with Crippen LogP contribution in [0.3, 0.4) is 0 Å². The van der Waals surface area contributed by atoms with Crippen LogP contribution >= 0.6 is 0 Å². The summed E-state index contributed by atoms with van der Waals surface area (Å²) in [4.78, 5) is 30.1. The molecule has 360 valence electrons. The highest BCUT2D eigenvalue weighted by molar-refractivity contribution is 5.84. The maximum absolute atomic E-state index is 5.02. The lowest BCUT2D eigenvalue weighted by atomic mass is 9.91. The lowest BCUT2D eigenvalue weighted by molar-refractivity contribution is 0.390. The molecule has 0 N–H and O–H groups in total. The van der Waals surface area contributed by atoms with Crippen LogP contribution in [0.15, 0.2) is 206 Å². The van der Waals surface area contributed by atoms with Crippen molar-refractivity contribution in [2.45, 2.75) is 113 Å². The van der Waals surface area contributed by atoms with Crippen molar-refractivity contribution in [3.8, 4) is 0 Å². The van der Waals surface area contributed by atoms with E-state index < -0.39 is 0 Å². The summed E-state index contributed by atoms with van der Waals surface area (Å²) in [5, 5.41) is 27.0. The maximum Gasteiger partial charge on any atom is 0.0857 e. The Bertz CT molecular complexity index is 2440. The van der Waals surface area contributed by atoms with Crippen LogP contribution in [-0.4, -0.2) is 73.5 Å². The van der Waals surface area contributed by atoms with E-state index in [1.807, 2.05) is 183 Å². The zero-order valence-corrected chi connectivity index (χ0v) is 40.6. The number of rotatable bonds is 0. The zero-order valence-electron chi connectivity index (χ0n) is 40.6. The minimum atomic E-state index is 0.138. The molecule has 6 atom stereocenters. The zero-order chi connectivity index (χ0) is 48.6. The quantitative estimate of drug-likeness (QED) is 0.143. The van der Waals surface area contributed by atoms with Crippen LogP contribution in [0.2, 0.25) is 0 Å². The lowest BCUT2D eigenvalue weighted by Crippen LogP contribution is -2.27. The van der Waals surface area contributed by atoms with Crippen molar-refractivity contribution in [2.75, 3.05) is 0 Å². The highest BCUT2D eigenvalue weighted by atomic mass is 15.1. The van der Waals surface area contributed by atoms with Gasteiger partial charge < -0.3 is 0 Å². The molecule has 72 heavy (non-hydrogen) atoms. The molecule has 19 rings (SSSR count). The first-order valence-electron chi connectivity index (χ1n) is 25.6. The fourth-order valence-corrected chi connectivity index (χ4v) is 9.52. The fourth-order valence-electron chi connectivity index (χ4n) is 9.52. The van der Waals surface area contributed by atoms with E-state index in [9.17, 15) is 0 Å². The van der Waals surface area contributed by atoms with Crippen LogP contribution < -0.4 is 0 Å². The number of aliphatic imine (C=N–C) groups is 6. The summed E-state index contributed by atoms with van der Waals surface area (Å²) in [6.07, 6.45) is 24.9. The van der Waals surface area contributed by atoms with Crippen LogP contribution in [0.5, 0.6) is 0 Å². The van der Waals surface area contributed by atoms with Gasteiger partial charge in [-0.25, -0.2) is 0 Å². The molecule has 10 aliphatic heterocycles. The summed E-state index contributed by atoms with van der Waals surface area (Å²) in [6, 6.07) is 49.1. The predicted molar refractivity (Wildman–Crippen MR) is 295 cm³/mol. The Morgan fingerprint density at radius 3 is 0.472 bits per heavy atom. The van der Waals surface area contributed by atoms with E-state index in [0.29, 0.717) is 0 Å². The van der Waals surface area contributed by atoms with Gasteiger partial charge in [-0.05, 0) is 145 Å². The van der Waals surface area contributed by atoms with Gasteiger partial charge in [-0.2, -0.15) is 30.7 Å². The van der Waals surface area contributed by atoms with E-state index in [0.717, 1.165) is 145 Å². The summed E-state index contributed by atoms with van der Waals surface area (Å²) in [5.41, 5.74) is 10.9. The van der Waals surface area contributed by atoms with Gasteiger partial charge in [0, 0.05) is 37.3 Å². The summed E-state index contributed by atoms with van der Waals surface area (Å²) in [5.74, 6) is 0. The topological polar surface area (TPSA) is 148 Å². The monoisotopic (exact) mass is 949 g/mol. The normalized spacial score (nSPS) is 22.7. The third-order valence-electron chi connectivity index (χ3n) is 13.8. The van der Waals surface area contributed by atoms with Crippen LogP contribution in [-0.2, 0) is 0 Å². The molecule has 12 bridgehead atoms. The highest BCUT2D eigenvalue weighted by Crippen LogP contribution is 2.29. The van der Waals surface area contributed by atoms with Crippen molar-refractivity contribution in [1.29, 1.82) is 0 Å². The van der Waals surface area contributed by atoms with Crippen molar-refractivity contribution in [3.63, 3.8) is 0 Å². The van der Waals surface area contributed by atoms with Crippen LogP contribution in [0.25, 0.3) is 0 Å². The molecule has 3 saturated carbocycles. The number of hydrogen-bond donors (Lipinski definition) is 0. The van der Waals surface area contributed by atoms with E-state index >= 15 is 0 Å². The molecule has 6 aromatic rings. The Morgan fingerprint density at radius 2 is 0.333 bits per heavy atom. The van der Waals surface area contributed by atoms with E-state index in [2.05, 4.69) is 30.7 Å². The smallest absolute Gasteiger partial charge is 0.0857 e. The second-order valence-electron chi connectivity index (χ2n) is 19.1. The van der Waals surface area contributed by atoms with Crippen LogP contribution in [0, 0.1) is 0 Å². The third-order valence-corrected chi connectivity index (χ3v) is 13.8. The molecule has 10 heterocycles. The molecular formula is C60H60N12. The molecule has 0 spiro atoms. The maximum atomic E-state index is 5.02. The van der Waals surface area contributed by atoms with Gasteiger partial charge in [0.1, 0.15) is 0 Å². The van der Waals surface area contributed by atoms with Gasteiger partial charge in [0.2, 0.25) is 0 Å². The van der Waals surface area contributed by atoms with Gasteiger partial charge >= 0.3 is 0 Å². The molecule has 0 radical (unpaired) electrons. The van der Waals surface area contributed by atoms with Gasteiger partial charge in [-0.1, -0.05) is 111 Å². The van der Waals surface area contributed by atoms with Crippen molar-refractivity contribution < 1.29 is 0 Å². The fraction of sp³-hybridized carbons (Fsp3) is 0.300. The first kappa shape index (κ1) is 47.8.